The van der Waals surface area contributed by atoms with Gasteiger partial charge in [-0.2, -0.15) is 0 Å². The predicted molar refractivity (Wildman–Crippen MR) is 87.7 cm³/mol. The van der Waals surface area contributed by atoms with E-state index in [2.05, 4.69) is 42.5 Å². The molecule has 1 aromatic carbocycles. The fourth-order valence-corrected chi connectivity index (χ4v) is 3.13. The number of pyridine rings is 1. The van der Waals surface area contributed by atoms with E-state index in [-0.39, 0.29) is 5.91 Å². The Morgan fingerprint density at radius 3 is 2.77 bits per heavy atom. The van der Waals surface area contributed by atoms with Crippen molar-refractivity contribution >= 4 is 5.91 Å². The summed E-state index contributed by atoms with van der Waals surface area (Å²) in [5.74, 6) is 0.540. The maximum Gasteiger partial charge on any atom is 0.219 e. The Labute approximate surface area is 132 Å². The fourth-order valence-electron chi connectivity index (χ4n) is 3.13. The molecular formula is C19H22N2O. The molecule has 2 aromatic rings. The summed E-state index contributed by atoms with van der Waals surface area (Å²) in [5.41, 5.74) is 3.50. The summed E-state index contributed by atoms with van der Waals surface area (Å²) in [6.45, 7) is 3.34. The van der Waals surface area contributed by atoms with Crippen molar-refractivity contribution in [1.82, 2.24) is 9.88 Å². The highest BCUT2D eigenvalue weighted by molar-refractivity contribution is 5.73. The van der Waals surface area contributed by atoms with Gasteiger partial charge in [0.2, 0.25) is 5.91 Å². The van der Waals surface area contributed by atoms with Gasteiger partial charge in [-0.25, -0.2) is 0 Å². The Morgan fingerprint density at radius 2 is 2.00 bits per heavy atom. The molecule has 3 rings (SSSR count). The van der Waals surface area contributed by atoms with Crippen molar-refractivity contribution < 1.29 is 4.79 Å². The number of hydrogen-bond acceptors (Lipinski definition) is 2. The predicted octanol–water partition coefficient (Wildman–Crippen LogP) is 3.40. The number of aromatic nitrogens is 1. The van der Waals surface area contributed by atoms with Crippen LogP contribution in [0.1, 0.15) is 42.6 Å². The van der Waals surface area contributed by atoms with Gasteiger partial charge < -0.3 is 4.90 Å². The molecule has 0 bridgehead atoms. The number of hydrogen-bond donors (Lipinski definition) is 0. The van der Waals surface area contributed by atoms with Crippen molar-refractivity contribution in [3.8, 4) is 0 Å². The van der Waals surface area contributed by atoms with Gasteiger partial charge in [-0.05, 0) is 30.5 Å². The van der Waals surface area contributed by atoms with Crippen LogP contribution in [0.4, 0.5) is 0 Å². The van der Waals surface area contributed by atoms with E-state index in [4.69, 9.17) is 4.98 Å². The lowest BCUT2D eigenvalue weighted by Gasteiger charge is -2.31. The number of piperidine rings is 1. The van der Waals surface area contributed by atoms with Crippen LogP contribution in [0.5, 0.6) is 0 Å². The zero-order valence-corrected chi connectivity index (χ0v) is 13.0. The molecule has 0 saturated carbocycles. The SMILES string of the molecule is CC(=O)N1CCCC(c2cccc(Cc3ccccc3)n2)C1. The minimum atomic E-state index is 0.171. The highest BCUT2D eigenvalue weighted by Gasteiger charge is 2.23. The number of carbonyl (C=O) groups is 1. The van der Waals surface area contributed by atoms with Crippen LogP contribution < -0.4 is 0 Å². The minimum Gasteiger partial charge on any atom is -0.342 e. The molecule has 3 nitrogen and oxygen atoms in total. The topological polar surface area (TPSA) is 33.2 Å². The highest BCUT2D eigenvalue weighted by atomic mass is 16.2. The van der Waals surface area contributed by atoms with Gasteiger partial charge in [0.15, 0.2) is 0 Å². The first-order valence-electron chi connectivity index (χ1n) is 7.97. The first kappa shape index (κ1) is 14.8. The molecular weight excluding hydrogens is 272 g/mol. The highest BCUT2D eigenvalue weighted by Crippen LogP contribution is 2.26. The van der Waals surface area contributed by atoms with Crippen LogP contribution in [0.3, 0.4) is 0 Å². The first-order chi connectivity index (χ1) is 10.7. The molecule has 0 spiro atoms. The molecule has 0 aliphatic carbocycles. The molecule has 1 fully saturated rings. The Hall–Kier alpha value is -2.16. The molecule has 1 aliphatic rings. The molecule has 3 heteroatoms. The van der Waals surface area contributed by atoms with Gasteiger partial charge in [0.25, 0.3) is 0 Å². The van der Waals surface area contributed by atoms with E-state index in [0.717, 1.165) is 43.7 Å². The van der Waals surface area contributed by atoms with Crippen molar-refractivity contribution in [3.05, 3.63) is 65.5 Å². The van der Waals surface area contributed by atoms with E-state index < -0.39 is 0 Å². The average molecular weight is 294 g/mol. The summed E-state index contributed by atoms with van der Waals surface area (Å²) in [6, 6.07) is 16.7. The van der Waals surface area contributed by atoms with E-state index in [0.29, 0.717) is 5.92 Å². The molecule has 1 atom stereocenters. The lowest BCUT2D eigenvalue weighted by molar-refractivity contribution is -0.130. The molecule has 0 radical (unpaired) electrons. The molecule has 1 aromatic heterocycles. The first-order valence-corrected chi connectivity index (χ1v) is 7.97. The zero-order chi connectivity index (χ0) is 15.4. The largest absolute Gasteiger partial charge is 0.342 e. The molecule has 2 heterocycles. The van der Waals surface area contributed by atoms with Crippen LogP contribution in [0, 0.1) is 0 Å². The lowest BCUT2D eigenvalue weighted by atomic mass is 9.94. The fraction of sp³-hybridized carbons (Fsp3) is 0.368. The monoisotopic (exact) mass is 294 g/mol. The van der Waals surface area contributed by atoms with E-state index in [1.165, 1.54) is 5.56 Å². The second kappa shape index (κ2) is 6.73. The standard InChI is InChI=1S/C19H22N2O/c1-15(22)21-12-6-9-17(14-21)19-11-5-10-18(20-19)13-16-7-3-2-4-8-16/h2-5,7-8,10-11,17H,6,9,12-14H2,1H3. The maximum absolute atomic E-state index is 11.6. The van der Waals surface area contributed by atoms with Crippen LogP contribution in [-0.2, 0) is 11.2 Å². The second-order valence-corrected chi connectivity index (χ2v) is 6.02. The van der Waals surface area contributed by atoms with E-state index in [1.807, 2.05) is 11.0 Å². The van der Waals surface area contributed by atoms with Gasteiger partial charge >= 0.3 is 0 Å². The van der Waals surface area contributed by atoms with Crippen molar-refractivity contribution in [2.24, 2.45) is 0 Å². The van der Waals surface area contributed by atoms with Crippen LogP contribution >= 0.6 is 0 Å². The Morgan fingerprint density at radius 1 is 1.18 bits per heavy atom. The maximum atomic E-state index is 11.6. The molecule has 1 saturated heterocycles. The Bertz CT molecular complexity index is 639. The molecule has 1 aliphatic heterocycles. The minimum absolute atomic E-state index is 0.171. The molecule has 1 unspecified atom stereocenters. The number of rotatable bonds is 3. The van der Waals surface area contributed by atoms with Gasteiger partial charge in [0.05, 0.1) is 0 Å². The quantitative estimate of drug-likeness (QED) is 0.869. The van der Waals surface area contributed by atoms with Crippen molar-refractivity contribution in [2.75, 3.05) is 13.1 Å². The summed E-state index contributed by atoms with van der Waals surface area (Å²) in [5, 5.41) is 0. The van der Waals surface area contributed by atoms with E-state index >= 15 is 0 Å². The number of amides is 1. The van der Waals surface area contributed by atoms with Gasteiger partial charge in [-0.15, -0.1) is 0 Å². The van der Waals surface area contributed by atoms with Crippen molar-refractivity contribution in [1.29, 1.82) is 0 Å². The average Bonchev–Trinajstić information content (AvgIpc) is 2.56. The Kier molecular flexibility index (Phi) is 4.52. The van der Waals surface area contributed by atoms with E-state index in [9.17, 15) is 4.79 Å². The molecule has 0 N–H and O–H groups in total. The van der Waals surface area contributed by atoms with Crippen LogP contribution in [0.2, 0.25) is 0 Å². The molecule has 1 amide bonds. The van der Waals surface area contributed by atoms with Crippen molar-refractivity contribution in [2.45, 2.75) is 32.1 Å². The van der Waals surface area contributed by atoms with Gasteiger partial charge in [0.1, 0.15) is 0 Å². The van der Waals surface area contributed by atoms with Crippen LogP contribution in [0.25, 0.3) is 0 Å². The van der Waals surface area contributed by atoms with Crippen LogP contribution in [-0.4, -0.2) is 28.9 Å². The smallest absolute Gasteiger partial charge is 0.219 e. The number of carbonyl (C=O) groups excluding carboxylic acids is 1. The van der Waals surface area contributed by atoms with Gasteiger partial charge in [-0.3, -0.25) is 9.78 Å². The third-order valence-electron chi connectivity index (χ3n) is 4.34. The summed E-state index contributed by atoms with van der Waals surface area (Å²) >= 11 is 0. The summed E-state index contributed by atoms with van der Waals surface area (Å²) in [7, 11) is 0. The van der Waals surface area contributed by atoms with Crippen LogP contribution in [0.15, 0.2) is 48.5 Å². The molecule has 22 heavy (non-hydrogen) atoms. The molecule has 114 valence electrons. The van der Waals surface area contributed by atoms with Gasteiger partial charge in [-0.1, -0.05) is 36.4 Å². The Balaban J connectivity index is 1.75. The number of benzene rings is 1. The summed E-state index contributed by atoms with van der Waals surface area (Å²) < 4.78 is 0. The normalized spacial score (nSPS) is 18.2. The summed E-state index contributed by atoms with van der Waals surface area (Å²) in [6.07, 6.45) is 3.04. The van der Waals surface area contributed by atoms with Gasteiger partial charge in [0, 0.05) is 43.7 Å². The lowest BCUT2D eigenvalue weighted by Crippen LogP contribution is -2.37. The van der Waals surface area contributed by atoms with Crippen molar-refractivity contribution in [3.63, 3.8) is 0 Å². The van der Waals surface area contributed by atoms with E-state index in [1.54, 1.807) is 6.92 Å². The number of likely N-dealkylation sites (tertiary alicyclic amines) is 1. The summed E-state index contributed by atoms with van der Waals surface area (Å²) in [4.78, 5) is 18.4. The third-order valence-corrected chi connectivity index (χ3v) is 4.34. The third kappa shape index (κ3) is 3.53. The second-order valence-electron chi connectivity index (χ2n) is 6.02. The zero-order valence-electron chi connectivity index (χ0n) is 13.0. The number of nitrogens with zero attached hydrogens (tertiary/aromatic N) is 2.